The molecule has 0 saturated heterocycles. The number of hydrogen-bond acceptors (Lipinski definition) is 3. The number of nitrogens with zero attached hydrogens (tertiary/aromatic N) is 1. The van der Waals surface area contributed by atoms with Gasteiger partial charge in [0.1, 0.15) is 0 Å². The molecular weight excluding hydrogens is 335 g/mol. The first kappa shape index (κ1) is 18.1. The number of benzene rings is 1. The molecule has 1 amide bonds. The predicted molar refractivity (Wildman–Crippen MR) is 86.5 cm³/mol. The molecule has 0 bridgehead atoms. The monoisotopic (exact) mass is 352 g/mol. The lowest BCUT2D eigenvalue weighted by atomic mass is 10.2. The van der Waals surface area contributed by atoms with Crippen LogP contribution in [-0.4, -0.2) is 33.7 Å². The number of halogens is 2. The minimum Gasteiger partial charge on any atom is -0.354 e. The van der Waals surface area contributed by atoms with E-state index in [9.17, 15) is 13.2 Å². The Balaban J connectivity index is 2.96. The van der Waals surface area contributed by atoms with Crippen molar-refractivity contribution in [2.45, 2.75) is 13.8 Å². The maximum Gasteiger partial charge on any atom is 0.232 e. The van der Waals surface area contributed by atoms with Gasteiger partial charge in [0.25, 0.3) is 0 Å². The van der Waals surface area contributed by atoms with Gasteiger partial charge in [-0.3, -0.25) is 9.10 Å². The fourth-order valence-corrected chi connectivity index (χ4v) is 3.31. The summed E-state index contributed by atoms with van der Waals surface area (Å²) in [6.07, 6.45) is 1.07. The Kier molecular flexibility index (Phi) is 6.31. The third-order valence-electron chi connectivity index (χ3n) is 2.73. The molecule has 0 aliphatic heterocycles. The first-order valence-electron chi connectivity index (χ1n) is 6.34. The van der Waals surface area contributed by atoms with E-state index in [0.717, 1.165) is 10.6 Å². The van der Waals surface area contributed by atoms with Crippen LogP contribution in [0.2, 0.25) is 10.0 Å². The fourth-order valence-electron chi connectivity index (χ4n) is 1.66. The van der Waals surface area contributed by atoms with Gasteiger partial charge in [-0.15, -0.1) is 0 Å². The van der Waals surface area contributed by atoms with Crippen molar-refractivity contribution in [2.75, 3.05) is 23.7 Å². The first-order chi connectivity index (χ1) is 9.64. The van der Waals surface area contributed by atoms with E-state index in [0.29, 0.717) is 0 Å². The number of para-hydroxylation sites is 1. The second-order valence-electron chi connectivity index (χ2n) is 4.85. The topological polar surface area (TPSA) is 66.5 Å². The molecule has 0 aromatic heterocycles. The van der Waals surface area contributed by atoms with Crippen molar-refractivity contribution < 1.29 is 13.2 Å². The van der Waals surface area contributed by atoms with Crippen molar-refractivity contribution >= 4 is 44.8 Å². The van der Waals surface area contributed by atoms with Crippen molar-refractivity contribution in [1.29, 1.82) is 0 Å². The summed E-state index contributed by atoms with van der Waals surface area (Å²) in [6.45, 7) is 3.75. The van der Waals surface area contributed by atoms with Gasteiger partial charge in [0, 0.05) is 12.5 Å². The Hall–Kier alpha value is -0.980. The maximum absolute atomic E-state index is 11.9. The van der Waals surface area contributed by atoms with E-state index >= 15 is 0 Å². The van der Waals surface area contributed by atoms with Crippen LogP contribution in [0.15, 0.2) is 18.2 Å². The molecule has 1 N–H and O–H groups in total. The van der Waals surface area contributed by atoms with Crippen molar-refractivity contribution in [3.63, 3.8) is 0 Å². The van der Waals surface area contributed by atoms with E-state index < -0.39 is 10.0 Å². The van der Waals surface area contributed by atoms with Crippen molar-refractivity contribution in [3.8, 4) is 0 Å². The van der Waals surface area contributed by atoms with Crippen LogP contribution in [-0.2, 0) is 14.8 Å². The molecule has 0 atom stereocenters. The van der Waals surface area contributed by atoms with Crippen LogP contribution >= 0.6 is 23.2 Å². The minimum absolute atomic E-state index is 0.0563. The molecule has 21 heavy (non-hydrogen) atoms. The number of carbonyl (C=O) groups excluding carboxylic acids is 1. The van der Waals surface area contributed by atoms with Crippen molar-refractivity contribution in [3.05, 3.63) is 28.2 Å². The Morgan fingerprint density at radius 1 is 1.29 bits per heavy atom. The zero-order valence-electron chi connectivity index (χ0n) is 12.1. The summed E-state index contributed by atoms with van der Waals surface area (Å²) < 4.78 is 25.0. The van der Waals surface area contributed by atoms with Crippen LogP contribution in [0.5, 0.6) is 0 Å². The van der Waals surface area contributed by atoms with Gasteiger partial charge in [-0.25, -0.2) is 8.42 Å². The first-order valence-corrected chi connectivity index (χ1v) is 8.94. The molecule has 0 spiro atoms. The van der Waals surface area contributed by atoms with Crippen LogP contribution in [0.3, 0.4) is 0 Å². The zero-order chi connectivity index (χ0) is 16.2. The number of rotatable bonds is 6. The molecular formula is C13H18Cl2N2O3S. The number of carbonyl (C=O) groups is 1. The molecule has 0 unspecified atom stereocenters. The summed E-state index contributed by atoms with van der Waals surface area (Å²) in [5.74, 6) is -0.311. The number of sulfonamides is 1. The summed E-state index contributed by atoms with van der Waals surface area (Å²) in [5, 5.41) is 3.14. The van der Waals surface area contributed by atoms with Crippen LogP contribution in [0, 0.1) is 5.92 Å². The largest absolute Gasteiger partial charge is 0.354 e. The normalized spacial score (nSPS) is 11.5. The average molecular weight is 353 g/mol. The molecule has 0 radical (unpaired) electrons. The molecule has 0 heterocycles. The maximum atomic E-state index is 11.9. The molecule has 0 aliphatic rings. The number of nitrogens with one attached hydrogen (secondary N) is 1. The van der Waals surface area contributed by atoms with Gasteiger partial charge < -0.3 is 5.32 Å². The molecule has 0 saturated carbocycles. The third-order valence-corrected chi connectivity index (χ3v) is 4.50. The minimum atomic E-state index is -3.57. The molecule has 8 heteroatoms. The Morgan fingerprint density at radius 2 is 1.81 bits per heavy atom. The molecule has 0 fully saturated rings. The fraction of sp³-hybridized carbons (Fsp3) is 0.462. The molecule has 1 aromatic rings. The Morgan fingerprint density at radius 3 is 2.24 bits per heavy atom. The lowest BCUT2D eigenvalue weighted by Crippen LogP contribution is -2.39. The second kappa shape index (κ2) is 7.33. The number of anilines is 1. The van der Waals surface area contributed by atoms with Gasteiger partial charge in [0.05, 0.1) is 28.5 Å². The van der Waals surface area contributed by atoms with E-state index in [4.69, 9.17) is 23.2 Å². The van der Waals surface area contributed by atoms with E-state index in [-0.39, 0.29) is 40.6 Å². The van der Waals surface area contributed by atoms with Gasteiger partial charge in [-0.1, -0.05) is 43.1 Å². The average Bonchev–Trinajstić information content (AvgIpc) is 2.34. The van der Waals surface area contributed by atoms with E-state index in [1.54, 1.807) is 32.0 Å². The van der Waals surface area contributed by atoms with Crippen molar-refractivity contribution in [2.24, 2.45) is 5.92 Å². The summed E-state index contributed by atoms with van der Waals surface area (Å²) in [5.41, 5.74) is 0.224. The zero-order valence-corrected chi connectivity index (χ0v) is 14.4. The van der Waals surface area contributed by atoms with Crippen LogP contribution < -0.4 is 9.62 Å². The van der Waals surface area contributed by atoms with Gasteiger partial charge in [0.15, 0.2) is 0 Å². The summed E-state index contributed by atoms with van der Waals surface area (Å²) in [4.78, 5) is 11.5. The molecule has 1 aromatic carbocycles. The highest BCUT2D eigenvalue weighted by atomic mass is 35.5. The van der Waals surface area contributed by atoms with Gasteiger partial charge in [-0.05, 0) is 12.1 Å². The molecule has 1 rings (SSSR count). The number of amides is 1. The van der Waals surface area contributed by atoms with Crippen molar-refractivity contribution in [1.82, 2.24) is 5.32 Å². The lowest BCUT2D eigenvalue weighted by Gasteiger charge is -2.24. The van der Waals surface area contributed by atoms with Gasteiger partial charge >= 0.3 is 0 Å². The van der Waals surface area contributed by atoms with Gasteiger partial charge in [0.2, 0.25) is 15.9 Å². The SMILES string of the molecule is CC(C)C(=O)NCCN(c1c(Cl)cccc1Cl)S(C)(=O)=O. The molecule has 0 aliphatic carbocycles. The highest BCUT2D eigenvalue weighted by Crippen LogP contribution is 2.34. The van der Waals surface area contributed by atoms with Crippen LogP contribution in [0.25, 0.3) is 0 Å². The van der Waals surface area contributed by atoms with E-state index in [2.05, 4.69) is 5.32 Å². The second-order valence-corrected chi connectivity index (χ2v) is 7.57. The van der Waals surface area contributed by atoms with E-state index in [1.165, 1.54) is 0 Å². The van der Waals surface area contributed by atoms with E-state index in [1.807, 2.05) is 0 Å². The highest BCUT2D eigenvalue weighted by molar-refractivity contribution is 7.92. The Bertz CT molecular complexity index is 598. The smallest absolute Gasteiger partial charge is 0.232 e. The summed E-state index contributed by atoms with van der Waals surface area (Å²) in [7, 11) is -3.57. The summed E-state index contributed by atoms with van der Waals surface area (Å²) >= 11 is 12.1. The van der Waals surface area contributed by atoms with Gasteiger partial charge in [-0.2, -0.15) is 0 Å². The number of hydrogen-bond donors (Lipinski definition) is 1. The van der Waals surface area contributed by atoms with Crippen LogP contribution in [0.4, 0.5) is 5.69 Å². The van der Waals surface area contributed by atoms with Crippen LogP contribution in [0.1, 0.15) is 13.8 Å². The summed E-state index contributed by atoms with van der Waals surface area (Å²) in [6, 6.07) is 4.76. The molecule has 5 nitrogen and oxygen atoms in total. The Labute approximate surface area is 135 Å². The molecule has 118 valence electrons. The third kappa shape index (κ3) is 5.05. The standard InChI is InChI=1S/C13H18Cl2N2O3S/c1-9(2)13(18)16-7-8-17(21(3,19)20)12-10(14)5-4-6-11(12)15/h4-6,9H,7-8H2,1-3H3,(H,16,18). The lowest BCUT2D eigenvalue weighted by molar-refractivity contribution is -0.123. The highest BCUT2D eigenvalue weighted by Gasteiger charge is 2.22. The quantitative estimate of drug-likeness (QED) is 0.855. The predicted octanol–water partition coefficient (Wildman–Crippen LogP) is 2.53.